The summed E-state index contributed by atoms with van der Waals surface area (Å²) in [6.45, 7) is 0.928. The van der Waals surface area contributed by atoms with E-state index in [0.29, 0.717) is 0 Å². The van der Waals surface area contributed by atoms with Crippen LogP contribution in [-0.4, -0.2) is 10.9 Å². The number of hydrogen-bond acceptors (Lipinski definition) is 4. The van der Waals surface area contributed by atoms with Gasteiger partial charge < -0.3 is 9.52 Å². The predicted molar refractivity (Wildman–Crippen MR) is 40.9 cm³/mol. The standard InChI is InChI=1S/C8H8O4/c1-5(10)7-3-2-6(4-9)8(11)12-7/h2-3,9H,4H2,1H3. The van der Waals surface area contributed by atoms with E-state index in [1.807, 2.05) is 0 Å². The van der Waals surface area contributed by atoms with Crippen LogP contribution in [0.15, 0.2) is 21.3 Å². The zero-order valence-corrected chi connectivity index (χ0v) is 6.53. The smallest absolute Gasteiger partial charge is 0.341 e. The number of aliphatic hydroxyl groups excluding tert-OH is 1. The van der Waals surface area contributed by atoms with Gasteiger partial charge in [0.1, 0.15) is 0 Å². The molecule has 0 fully saturated rings. The lowest BCUT2D eigenvalue weighted by atomic mass is 10.2. The molecular weight excluding hydrogens is 160 g/mol. The number of hydrogen-bond donors (Lipinski definition) is 1. The van der Waals surface area contributed by atoms with Gasteiger partial charge in [0.25, 0.3) is 0 Å². The Morgan fingerprint density at radius 3 is 2.67 bits per heavy atom. The van der Waals surface area contributed by atoms with E-state index in [2.05, 4.69) is 4.42 Å². The largest absolute Gasteiger partial charge is 0.419 e. The zero-order valence-electron chi connectivity index (χ0n) is 6.53. The molecule has 0 spiro atoms. The van der Waals surface area contributed by atoms with Gasteiger partial charge in [-0.3, -0.25) is 4.79 Å². The maximum Gasteiger partial charge on any atom is 0.341 e. The molecule has 4 nitrogen and oxygen atoms in total. The van der Waals surface area contributed by atoms with Crippen molar-refractivity contribution in [3.05, 3.63) is 33.9 Å². The molecule has 0 aromatic carbocycles. The summed E-state index contributed by atoms with van der Waals surface area (Å²) in [7, 11) is 0. The molecule has 1 N–H and O–H groups in total. The maximum atomic E-state index is 10.9. The van der Waals surface area contributed by atoms with Gasteiger partial charge in [0, 0.05) is 6.92 Å². The van der Waals surface area contributed by atoms with Gasteiger partial charge in [0.15, 0.2) is 11.5 Å². The highest BCUT2D eigenvalue weighted by molar-refractivity contribution is 5.90. The molecule has 0 atom stereocenters. The highest BCUT2D eigenvalue weighted by atomic mass is 16.4. The number of rotatable bonds is 2. The molecule has 0 aliphatic carbocycles. The van der Waals surface area contributed by atoms with E-state index >= 15 is 0 Å². The number of carbonyl (C=O) groups excluding carboxylic acids is 1. The Morgan fingerprint density at radius 1 is 1.58 bits per heavy atom. The Balaban J connectivity index is 3.19. The van der Waals surface area contributed by atoms with Crippen molar-refractivity contribution in [3.8, 4) is 0 Å². The molecule has 12 heavy (non-hydrogen) atoms. The molecule has 0 aliphatic heterocycles. The fraction of sp³-hybridized carbons (Fsp3) is 0.250. The summed E-state index contributed by atoms with van der Waals surface area (Å²) in [5.74, 6) is -0.297. The second-order valence-electron chi connectivity index (χ2n) is 2.33. The van der Waals surface area contributed by atoms with Crippen LogP contribution < -0.4 is 5.63 Å². The van der Waals surface area contributed by atoms with E-state index in [0.717, 1.165) is 0 Å². The molecule has 0 bridgehead atoms. The summed E-state index contributed by atoms with van der Waals surface area (Å²) in [5.41, 5.74) is -0.509. The minimum Gasteiger partial charge on any atom is -0.419 e. The number of Topliss-reactive ketones (excluding diaryl/α,β-unsaturated/α-hetero) is 1. The number of carbonyl (C=O) groups is 1. The van der Waals surface area contributed by atoms with Crippen LogP contribution in [0.1, 0.15) is 23.0 Å². The van der Waals surface area contributed by atoms with Crippen molar-refractivity contribution >= 4 is 5.78 Å². The van der Waals surface area contributed by atoms with Crippen molar-refractivity contribution in [1.82, 2.24) is 0 Å². The highest BCUT2D eigenvalue weighted by Crippen LogP contribution is 1.99. The summed E-state index contributed by atoms with van der Waals surface area (Å²) in [6, 6.07) is 2.75. The molecule has 1 heterocycles. The minimum atomic E-state index is -0.662. The van der Waals surface area contributed by atoms with Crippen molar-refractivity contribution < 1.29 is 14.3 Å². The first-order valence-corrected chi connectivity index (χ1v) is 3.40. The van der Waals surface area contributed by atoms with E-state index in [-0.39, 0.29) is 23.7 Å². The molecule has 0 unspecified atom stereocenters. The lowest BCUT2D eigenvalue weighted by Crippen LogP contribution is -2.09. The van der Waals surface area contributed by atoms with Gasteiger partial charge in [-0.1, -0.05) is 0 Å². The summed E-state index contributed by atoms with van der Waals surface area (Å²) in [5, 5.41) is 8.60. The topological polar surface area (TPSA) is 67.5 Å². The third kappa shape index (κ3) is 1.60. The maximum absolute atomic E-state index is 10.9. The normalized spacial score (nSPS) is 9.83. The average molecular weight is 168 g/mol. The lowest BCUT2D eigenvalue weighted by Gasteiger charge is -1.95. The number of aliphatic hydroxyl groups is 1. The fourth-order valence-electron chi connectivity index (χ4n) is 0.750. The van der Waals surface area contributed by atoms with Crippen molar-refractivity contribution in [1.29, 1.82) is 0 Å². The van der Waals surface area contributed by atoms with Crippen molar-refractivity contribution in [2.45, 2.75) is 13.5 Å². The molecule has 4 heteroatoms. The Bertz CT molecular complexity index is 350. The third-order valence-electron chi connectivity index (χ3n) is 1.42. The molecule has 1 rings (SSSR count). The molecule has 0 saturated heterocycles. The Hall–Kier alpha value is -1.42. The Kier molecular flexibility index (Phi) is 2.40. The van der Waals surface area contributed by atoms with E-state index in [1.165, 1.54) is 19.1 Å². The van der Waals surface area contributed by atoms with Gasteiger partial charge in [-0.15, -0.1) is 0 Å². The van der Waals surface area contributed by atoms with Crippen LogP contribution in [0.5, 0.6) is 0 Å². The summed E-state index contributed by atoms with van der Waals surface area (Å²) >= 11 is 0. The zero-order chi connectivity index (χ0) is 9.14. The van der Waals surface area contributed by atoms with Gasteiger partial charge >= 0.3 is 5.63 Å². The first-order chi connectivity index (χ1) is 5.65. The van der Waals surface area contributed by atoms with E-state index < -0.39 is 5.63 Å². The van der Waals surface area contributed by atoms with Gasteiger partial charge in [0.05, 0.1) is 12.2 Å². The van der Waals surface area contributed by atoms with Crippen LogP contribution in [0.3, 0.4) is 0 Å². The summed E-state index contributed by atoms with van der Waals surface area (Å²) in [4.78, 5) is 21.6. The average Bonchev–Trinajstić information content (AvgIpc) is 2.04. The van der Waals surface area contributed by atoms with Crippen LogP contribution in [0.25, 0.3) is 0 Å². The fourth-order valence-corrected chi connectivity index (χ4v) is 0.750. The molecule has 64 valence electrons. The van der Waals surface area contributed by atoms with Gasteiger partial charge in [-0.2, -0.15) is 0 Å². The second kappa shape index (κ2) is 3.32. The van der Waals surface area contributed by atoms with Crippen LogP contribution in [0.4, 0.5) is 0 Å². The molecular formula is C8H8O4. The van der Waals surface area contributed by atoms with Crippen LogP contribution >= 0.6 is 0 Å². The monoisotopic (exact) mass is 168 g/mol. The Morgan fingerprint density at radius 2 is 2.25 bits per heavy atom. The Labute approximate surface area is 68.4 Å². The van der Waals surface area contributed by atoms with Crippen molar-refractivity contribution in [2.24, 2.45) is 0 Å². The van der Waals surface area contributed by atoms with Crippen molar-refractivity contribution in [3.63, 3.8) is 0 Å². The lowest BCUT2D eigenvalue weighted by molar-refractivity contribution is 0.0982. The molecule has 0 amide bonds. The van der Waals surface area contributed by atoms with Crippen LogP contribution in [0.2, 0.25) is 0 Å². The highest BCUT2D eigenvalue weighted by Gasteiger charge is 2.05. The third-order valence-corrected chi connectivity index (χ3v) is 1.42. The van der Waals surface area contributed by atoms with Crippen LogP contribution in [0, 0.1) is 0 Å². The molecule has 0 radical (unpaired) electrons. The van der Waals surface area contributed by atoms with E-state index in [9.17, 15) is 9.59 Å². The van der Waals surface area contributed by atoms with Gasteiger partial charge in [-0.25, -0.2) is 4.79 Å². The van der Waals surface area contributed by atoms with E-state index in [1.54, 1.807) is 0 Å². The molecule has 1 aromatic rings. The minimum absolute atomic E-state index is 0.0113. The summed E-state index contributed by atoms with van der Waals surface area (Å²) < 4.78 is 4.60. The van der Waals surface area contributed by atoms with Gasteiger partial charge in [0.2, 0.25) is 0 Å². The molecule has 0 saturated carbocycles. The van der Waals surface area contributed by atoms with Crippen molar-refractivity contribution in [2.75, 3.05) is 0 Å². The first kappa shape index (κ1) is 8.67. The van der Waals surface area contributed by atoms with E-state index in [4.69, 9.17) is 5.11 Å². The number of ketones is 1. The summed E-state index contributed by atoms with van der Waals surface area (Å²) in [6.07, 6.45) is 0. The second-order valence-corrected chi connectivity index (χ2v) is 2.33. The predicted octanol–water partition coefficient (Wildman–Crippen LogP) is 0.335. The first-order valence-electron chi connectivity index (χ1n) is 3.40. The SMILES string of the molecule is CC(=O)c1ccc(CO)c(=O)o1. The molecule has 1 aromatic heterocycles. The quantitative estimate of drug-likeness (QED) is 0.646. The van der Waals surface area contributed by atoms with Crippen LogP contribution in [-0.2, 0) is 6.61 Å². The molecule has 0 aliphatic rings. The van der Waals surface area contributed by atoms with Gasteiger partial charge in [-0.05, 0) is 12.1 Å².